The molecule has 1 aromatic rings. The number of carbonyl (C=O) groups is 1. The summed E-state index contributed by atoms with van der Waals surface area (Å²) in [6.07, 6.45) is 0.809. The van der Waals surface area contributed by atoms with Crippen molar-refractivity contribution < 1.29 is 14.5 Å². The van der Waals surface area contributed by atoms with Gasteiger partial charge >= 0.3 is 0 Å². The van der Waals surface area contributed by atoms with Gasteiger partial charge in [0.2, 0.25) is 0 Å². The molecule has 24 heavy (non-hydrogen) atoms. The van der Waals surface area contributed by atoms with Crippen LogP contribution in [0.15, 0.2) is 18.2 Å². The summed E-state index contributed by atoms with van der Waals surface area (Å²) in [5, 5.41) is 17.1. The lowest BCUT2D eigenvalue weighted by atomic mass is 10.1. The highest BCUT2D eigenvalue weighted by Crippen LogP contribution is 2.23. The van der Waals surface area contributed by atoms with Crippen molar-refractivity contribution in [3.8, 4) is 5.75 Å². The number of amides is 1. The van der Waals surface area contributed by atoms with Crippen LogP contribution in [0.25, 0.3) is 0 Å². The quantitative estimate of drug-likeness (QED) is 0.429. The van der Waals surface area contributed by atoms with Crippen molar-refractivity contribution in [2.45, 2.75) is 6.42 Å². The number of hydrogen-bond donors (Lipinski definition) is 2. The molecule has 0 saturated carbocycles. The molecule has 0 aliphatic carbocycles. The molecule has 1 aromatic carbocycles. The van der Waals surface area contributed by atoms with E-state index in [0.29, 0.717) is 12.3 Å². The van der Waals surface area contributed by atoms with Crippen LogP contribution in [0.2, 0.25) is 0 Å². The van der Waals surface area contributed by atoms with Crippen LogP contribution < -0.4 is 15.4 Å². The summed E-state index contributed by atoms with van der Waals surface area (Å²) in [5.41, 5.74) is -0.193. The molecule has 0 radical (unpaired) electrons. The van der Waals surface area contributed by atoms with Gasteiger partial charge in [-0.25, -0.2) is 0 Å². The van der Waals surface area contributed by atoms with E-state index in [9.17, 15) is 14.9 Å². The van der Waals surface area contributed by atoms with Crippen LogP contribution in [-0.4, -0.2) is 62.1 Å². The van der Waals surface area contributed by atoms with Crippen molar-refractivity contribution in [2.75, 3.05) is 46.4 Å². The standard InChI is InChI=1S/C15H22N4O4.ClH/c1-23-12-3-4-14(19(21)22)13(11-12)15(20)17-5-2-8-18-9-6-16-7-10-18;/h3-4,11,16H,2,5-10H2,1H3,(H,17,20);1H. The Morgan fingerprint density at radius 3 is 2.75 bits per heavy atom. The molecule has 0 aromatic heterocycles. The highest BCUT2D eigenvalue weighted by atomic mass is 35.5. The number of ether oxygens (including phenoxy) is 1. The first-order valence-electron chi connectivity index (χ1n) is 7.65. The Balaban J connectivity index is 0.00000288. The lowest BCUT2D eigenvalue weighted by Gasteiger charge is -2.27. The fraction of sp³-hybridized carbons (Fsp3) is 0.533. The SMILES string of the molecule is COc1ccc([N+](=O)[O-])c(C(=O)NCCCN2CCNCC2)c1.Cl. The van der Waals surface area contributed by atoms with E-state index < -0.39 is 10.8 Å². The molecule has 8 nitrogen and oxygen atoms in total. The fourth-order valence-corrected chi connectivity index (χ4v) is 2.52. The highest BCUT2D eigenvalue weighted by molar-refractivity contribution is 5.98. The molecule has 0 spiro atoms. The van der Waals surface area contributed by atoms with Crippen LogP contribution in [0, 0.1) is 10.1 Å². The Labute approximate surface area is 147 Å². The van der Waals surface area contributed by atoms with Crippen molar-refractivity contribution in [1.82, 2.24) is 15.5 Å². The van der Waals surface area contributed by atoms with E-state index in [4.69, 9.17) is 4.74 Å². The summed E-state index contributed by atoms with van der Waals surface area (Å²) in [7, 11) is 1.45. The Morgan fingerprint density at radius 2 is 2.12 bits per heavy atom. The van der Waals surface area contributed by atoms with Crippen molar-refractivity contribution in [3.63, 3.8) is 0 Å². The van der Waals surface area contributed by atoms with E-state index in [1.165, 1.54) is 25.3 Å². The monoisotopic (exact) mass is 358 g/mol. The third-order valence-electron chi connectivity index (χ3n) is 3.79. The van der Waals surface area contributed by atoms with Crippen LogP contribution in [0.4, 0.5) is 5.69 Å². The Bertz CT molecular complexity index is 564. The van der Waals surface area contributed by atoms with Gasteiger partial charge in [-0.15, -0.1) is 12.4 Å². The largest absolute Gasteiger partial charge is 0.497 e. The average Bonchev–Trinajstić information content (AvgIpc) is 2.58. The molecule has 0 atom stereocenters. The van der Waals surface area contributed by atoms with E-state index in [1.54, 1.807) is 0 Å². The normalized spacial score (nSPS) is 14.5. The molecule has 2 N–H and O–H groups in total. The molecule has 2 rings (SSSR count). The molecular weight excluding hydrogens is 336 g/mol. The molecule has 0 bridgehead atoms. The number of nitrogens with zero attached hydrogens (tertiary/aromatic N) is 2. The maximum Gasteiger partial charge on any atom is 0.282 e. The predicted octanol–water partition coefficient (Wildman–Crippen LogP) is 1.05. The second kappa shape index (κ2) is 10.1. The zero-order valence-corrected chi connectivity index (χ0v) is 14.4. The number of carbonyl (C=O) groups excluding carboxylic acids is 1. The molecule has 0 unspecified atom stereocenters. The number of piperazine rings is 1. The number of nitro benzene ring substituents is 1. The van der Waals surface area contributed by atoms with Crippen LogP contribution in [0.5, 0.6) is 5.75 Å². The van der Waals surface area contributed by atoms with E-state index in [2.05, 4.69) is 15.5 Å². The van der Waals surface area contributed by atoms with Crippen LogP contribution in [-0.2, 0) is 0 Å². The summed E-state index contributed by atoms with van der Waals surface area (Å²) >= 11 is 0. The van der Waals surface area contributed by atoms with Crippen LogP contribution in [0.1, 0.15) is 16.8 Å². The van der Waals surface area contributed by atoms with Gasteiger partial charge in [-0.05, 0) is 25.1 Å². The molecule has 9 heteroatoms. The fourth-order valence-electron chi connectivity index (χ4n) is 2.52. The van der Waals surface area contributed by atoms with Crippen LogP contribution in [0.3, 0.4) is 0 Å². The van der Waals surface area contributed by atoms with Gasteiger partial charge in [0.05, 0.1) is 12.0 Å². The molecule has 1 heterocycles. The summed E-state index contributed by atoms with van der Waals surface area (Å²) in [6, 6.07) is 4.15. The van der Waals surface area contributed by atoms with Crippen LogP contribution >= 0.6 is 12.4 Å². The smallest absolute Gasteiger partial charge is 0.282 e. The summed E-state index contributed by atoms with van der Waals surface area (Å²) in [6.45, 7) is 5.38. The Hall–Kier alpha value is -1.90. The number of nitrogens with one attached hydrogen (secondary N) is 2. The molecule has 134 valence electrons. The Kier molecular flexibility index (Phi) is 8.45. The number of benzene rings is 1. The predicted molar refractivity (Wildman–Crippen MR) is 93.2 cm³/mol. The lowest BCUT2D eigenvalue weighted by molar-refractivity contribution is -0.385. The summed E-state index contributed by atoms with van der Waals surface area (Å²) < 4.78 is 5.03. The zero-order valence-electron chi connectivity index (χ0n) is 13.6. The van der Waals surface area contributed by atoms with Gasteiger partial charge in [0.25, 0.3) is 11.6 Å². The number of nitro groups is 1. The second-order valence-electron chi connectivity index (χ2n) is 5.34. The summed E-state index contributed by atoms with van der Waals surface area (Å²) in [4.78, 5) is 25.0. The second-order valence-corrected chi connectivity index (χ2v) is 5.34. The zero-order chi connectivity index (χ0) is 16.7. The molecular formula is C15H23ClN4O4. The minimum Gasteiger partial charge on any atom is -0.497 e. The van der Waals surface area contributed by atoms with E-state index in [-0.39, 0.29) is 23.7 Å². The van der Waals surface area contributed by atoms with Gasteiger partial charge in [-0.3, -0.25) is 14.9 Å². The van der Waals surface area contributed by atoms with Gasteiger partial charge in [0, 0.05) is 38.8 Å². The van der Waals surface area contributed by atoms with E-state index in [0.717, 1.165) is 39.1 Å². The van der Waals surface area contributed by atoms with Crippen molar-refractivity contribution in [3.05, 3.63) is 33.9 Å². The molecule has 1 aliphatic rings. The highest BCUT2D eigenvalue weighted by Gasteiger charge is 2.20. The van der Waals surface area contributed by atoms with Crippen molar-refractivity contribution in [1.29, 1.82) is 0 Å². The minimum absolute atomic E-state index is 0. The van der Waals surface area contributed by atoms with E-state index >= 15 is 0 Å². The molecule has 1 amide bonds. The average molecular weight is 359 g/mol. The first-order chi connectivity index (χ1) is 11.1. The topological polar surface area (TPSA) is 96.7 Å². The molecule has 1 fully saturated rings. The van der Waals surface area contributed by atoms with Gasteiger partial charge in [0.1, 0.15) is 11.3 Å². The van der Waals surface area contributed by atoms with Gasteiger partial charge in [0.15, 0.2) is 0 Å². The number of hydrogen-bond acceptors (Lipinski definition) is 6. The summed E-state index contributed by atoms with van der Waals surface area (Å²) in [5.74, 6) is -0.0301. The maximum atomic E-state index is 12.2. The maximum absolute atomic E-state index is 12.2. The van der Waals surface area contributed by atoms with Gasteiger partial charge in [-0.1, -0.05) is 0 Å². The van der Waals surface area contributed by atoms with E-state index in [1.807, 2.05) is 0 Å². The third-order valence-corrected chi connectivity index (χ3v) is 3.79. The number of rotatable bonds is 7. The van der Waals surface area contributed by atoms with Crippen molar-refractivity contribution >= 4 is 24.0 Å². The lowest BCUT2D eigenvalue weighted by Crippen LogP contribution is -2.44. The van der Waals surface area contributed by atoms with Gasteiger partial charge in [-0.2, -0.15) is 0 Å². The first-order valence-corrected chi connectivity index (χ1v) is 7.65. The Morgan fingerprint density at radius 1 is 1.42 bits per heavy atom. The van der Waals surface area contributed by atoms with Gasteiger partial charge < -0.3 is 20.3 Å². The number of methoxy groups -OCH3 is 1. The molecule has 1 saturated heterocycles. The van der Waals surface area contributed by atoms with Crippen molar-refractivity contribution in [2.24, 2.45) is 0 Å². The molecule has 1 aliphatic heterocycles. The third kappa shape index (κ3) is 5.63. The number of halogens is 1. The minimum atomic E-state index is -0.560. The first kappa shape index (κ1) is 20.1.